The van der Waals surface area contributed by atoms with Gasteiger partial charge in [0, 0.05) is 23.5 Å². The van der Waals surface area contributed by atoms with Crippen molar-refractivity contribution in [3.8, 4) is 5.75 Å². The van der Waals surface area contributed by atoms with E-state index in [2.05, 4.69) is 140 Å². The van der Waals surface area contributed by atoms with E-state index in [4.69, 9.17) is 4.74 Å². The van der Waals surface area contributed by atoms with Crippen molar-refractivity contribution in [1.82, 2.24) is 0 Å². The van der Waals surface area contributed by atoms with Gasteiger partial charge in [0.05, 0.1) is 6.04 Å². The SMILES string of the molecule is C=CC(=O)Oc1ccc(C=Cc2ccc3c(c2)CC(c2ccc(C)cc2)N3C=C(c2ccccc2)c2ccccc2)cc1. The molecule has 0 N–H and O–H groups in total. The Bertz CT molecular complexity index is 1740. The molecule has 1 atom stereocenters. The van der Waals surface area contributed by atoms with Crippen molar-refractivity contribution in [1.29, 1.82) is 0 Å². The molecule has 0 bridgehead atoms. The topological polar surface area (TPSA) is 29.5 Å². The Morgan fingerprint density at radius 3 is 2.00 bits per heavy atom. The first-order valence-electron chi connectivity index (χ1n) is 14.5. The molecule has 1 heterocycles. The molecule has 0 radical (unpaired) electrons. The van der Waals surface area contributed by atoms with Crippen molar-refractivity contribution in [2.24, 2.45) is 0 Å². The van der Waals surface area contributed by atoms with Crippen LogP contribution in [0, 0.1) is 6.92 Å². The zero-order valence-corrected chi connectivity index (χ0v) is 24.2. The fraction of sp³-hybridized carbons (Fsp3) is 0.0750. The van der Waals surface area contributed by atoms with E-state index in [0.29, 0.717) is 5.75 Å². The molecule has 0 saturated carbocycles. The van der Waals surface area contributed by atoms with Gasteiger partial charge in [0.1, 0.15) is 5.75 Å². The van der Waals surface area contributed by atoms with Crippen molar-refractivity contribution in [3.63, 3.8) is 0 Å². The van der Waals surface area contributed by atoms with Crippen LogP contribution in [0.4, 0.5) is 5.69 Å². The van der Waals surface area contributed by atoms with Gasteiger partial charge >= 0.3 is 5.97 Å². The minimum Gasteiger partial charge on any atom is -0.423 e. The van der Waals surface area contributed by atoms with Gasteiger partial charge < -0.3 is 9.64 Å². The van der Waals surface area contributed by atoms with Crippen LogP contribution >= 0.6 is 0 Å². The lowest BCUT2D eigenvalue weighted by Crippen LogP contribution is -2.19. The Hall–Kier alpha value is -5.41. The van der Waals surface area contributed by atoms with Gasteiger partial charge in [-0.3, -0.25) is 0 Å². The summed E-state index contributed by atoms with van der Waals surface area (Å²) in [6.45, 7) is 5.57. The summed E-state index contributed by atoms with van der Waals surface area (Å²) in [6, 6.07) is 44.5. The third kappa shape index (κ3) is 6.42. The van der Waals surface area contributed by atoms with Gasteiger partial charge in [0.15, 0.2) is 0 Å². The van der Waals surface area contributed by atoms with Crippen LogP contribution in [-0.2, 0) is 11.2 Å². The fourth-order valence-corrected chi connectivity index (χ4v) is 5.51. The molecule has 1 aliphatic heterocycles. The van der Waals surface area contributed by atoms with Gasteiger partial charge in [-0.25, -0.2) is 4.79 Å². The van der Waals surface area contributed by atoms with Crippen LogP contribution in [0.5, 0.6) is 5.75 Å². The van der Waals surface area contributed by atoms with E-state index in [9.17, 15) is 4.79 Å². The summed E-state index contributed by atoms with van der Waals surface area (Å²) in [7, 11) is 0. The summed E-state index contributed by atoms with van der Waals surface area (Å²) in [5.41, 5.74) is 10.8. The number of benzene rings is 5. The molecule has 3 heteroatoms. The second-order valence-corrected chi connectivity index (χ2v) is 10.7. The minimum atomic E-state index is -0.464. The van der Waals surface area contributed by atoms with Crippen molar-refractivity contribution in [3.05, 3.63) is 185 Å². The van der Waals surface area contributed by atoms with E-state index in [1.54, 1.807) is 12.1 Å². The Kier molecular flexibility index (Phi) is 8.15. The smallest absolute Gasteiger partial charge is 0.335 e. The molecule has 0 amide bonds. The van der Waals surface area contributed by atoms with E-state index >= 15 is 0 Å². The van der Waals surface area contributed by atoms with Crippen molar-refractivity contribution >= 4 is 29.4 Å². The average molecular weight is 560 g/mol. The Labute approximate surface area is 253 Å². The summed E-state index contributed by atoms with van der Waals surface area (Å²) >= 11 is 0. The number of hydrogen-bond donors (Lipinski definition) is 0. The van der Waals surface area contributed by atoms with Crippen LogP contribution in [0.15, 0.2) is 146 Å². The molecule has 6 rings (SSSR count). The Balaban J connectivity index is 1.35. The van der Waals surface area contributed by atoms with Crippen LogP contribution in [0.25, 0.3) is 17.7 Å². The molecule has 5 aromatic rings. The van der Waals surface area contributed by atoms with Gasteiger partial charge in [-0.1, -0.05) is 127 Å². The third-order valence-corrected chi connectivity index (χ3v) is 7.76. The van der Waals surface area contributed by atoms with Crippen LogP contribution in [0.3, 0.4) is 0 Å². The Morgan fingerprint density at radius 1 is 0.767 bits per heavy atom. The van der Waals surface area contributed by atoms with Gasteiger partial charge in [-0.05, 0) is 71.0 Å². The van der Waals surface area contributed by atoms with Crippen LogP contribution < -0.4 is 9.64 Å². The second kappa shape index (κ2) is 12.6. The number of ether oxygens (including phenoxy) is 1. The molecule has 5 aromatic carbocycles. The number of carbonyl (C=O) groups excluding carboxylic acids is 1. The maximum absolute atomic E-state index is 11.5. The van der Waals surface area contributed by atoms with E-state index in [-0.39, 0.29) is 6.04 Å². The lowest BCUT2D eigenvalue weighted by atomic mass is 9.97. The highest BCUT2D eigenvalue weighted by Gasteiger charge is 2.30. The van der Waals surface area contributed by atoms with Gasteiger partial charge in [0.2, 0.25) is 0 Å². The fourth-order valence-electron chi connectivity index (χ4n) is 5.51. The maximum atomic E-state index is 11.5. The standard InChI is InChI=1S/C40H33NO2/c1-3-40(42)43-36-23-18-30(19-24-36)16-17-31-20-25-38-35(26-31)27-39(34-21-14-29(2)15-22-34)41(38)28-37(32-10-6-4-7-11-32)33-12-8-5-9-13-33/h3-26,28,39H,1,27H2,2H3. The predicted molar refractivity (Wildman–Crippen MR) is 178 cm³/mol. The van der Waals surface area contributed by atoms with Crippen molar-refractivity contribution in [2.45, 2.75) is 19.4 Å². The zero-order chi connectivity index (χ0) is 29.6. The Morgan fingerprint density at radius 2 is 1.37 bits per heavy atom. The molecule has 210 valence electrons. The number of esters is 1. The third-order valence-electron chi connectivity index (χ3n) is 7.76. The molecule has 1 aliphatic rings. The van der Waals surface area contributed by atoms with Gasteiger partial charge in [-0.2, -0.15) is 0 Å². The summed E-state index contributed by atoms with van der Waals surface area (Å²) < 4.78 is 5.19. The lowest BCUT2D eigenvalue weighted by molar-refractivity contribution is -0.128. The molecule has 3 nitrogen and oxygen atoms in total. The molecule has 0 aromatic heterocycles. The highest BCUT2D eigenvalue weighted by Crippen LogP contribution is 2.43. The molecular formula is C40H33NO2. The first-order valence-corrected chi connectivity index (χ1v) is 14.5. The van der Waals surface area contributed by atoms with E-state index in [1.807, 2.05) is 12.1 Å². The maximum Gasteiger partial charge on any atom is 0.335 e. The molecule has 1 unspecified atom stereocenters. The second-order valence-electron chi connectivity index (χ2n) is 10.7. The average Bonchev–Trinajstić information content (AvgIpc) is 3.41. The van der Waals surface area contributed by atoms with Gasteiger partial charge in [-0.15, -0.1) is 0 Å². The predicted octanol–water partition coefficient (Wildman–Crippen LogP) is 9.45. The summed E-state index contributed by atoms with van der Waals surface area (Å²) in [6.07, 6.45) is 8.61. The lowest BCUT2D eigenvalue weighted by Gasteiger charge is -2.26. The number of fused-ring (bicyclic) bond motifs is 1. The summed E-state index contributed by atoms with van der Waals surface area (Å²) in [5, 5.41) is 0. The highest BCUT2D eigenvalue weighted by atomic mass is 16.5. The van der Waals surface area contributed by atoms with Crippen molar-refractivity contribution in [2.75, 3.05) is 4.90 Å². The molecular weight excluding hydrogens is 526 g/mol. The normalized spacial score (nSPS) is 13.9. The van der Waals surface area contributed by atoms with E-state index < -0.39 is 5.97 Å². The highest BCUT2D eigenvalue weighted by molar-refractivity contribution is 5.84. The molecule has 0 fully saturated rings. The molecule has 0 aliphatic carbocycles. The van der Waals surface area contributed by atoms with E-state index in [1.165, 1.54) is 39.1 Å². The zero-order valence-electron chi connectivity index (χ0n) is 24.2. The molecule has 43 heavy (non-hydrogen) atoms. The number of hydrogen-bond acceptors (Lipinski definition) is 3. The van der Waals surface area contributed by atoms with Crippen LogP contribution in [0.2, 0.25) is 0 Å². The number of anilines is 1. The van der Waals surface area contributed by atoms with Crippen LogP contribution in [0.1, 0.15) is 45.0 Å². The molecule has 0 spiro atoms. The van der Waals surface area contributed by atoms with Crippen LogP contribution in [-0.4, -0.2) is 5.97 Å². The molecule has 0 saturated heterocycles. The first-order chi connectivity index (χ1) is 21.1. The minimum absolute atomic E-state index is 0.183. The quantitative estimate of drug-likeness (QED) is 0.0821. The summed E-state index contributed by atoms with van der Waals surface area (Å²) in [5.74, 6) is 0.0363. The number of rotatable bonds is 8. The van der Waals surface area contributed by atoms with Crippen molar-refractivity contribution < 1.29 is 9.53 Å². The number of carbonyl (C=O) groups is 1. The van der Waals surface area contributed by atoms with Gasteiger partial charge in [0.25, 0.3) is 0 Å². The first kappa shape index (κ1) is 27.7. The monoisotopic (exact) mass is 559 g/mol. The van der Waals surface area contributed by atoms with E-state index in [0.717, 1.165) is 23.6 Å². The number of aryl methyl sites for hydroxylation is 1. The largest absolute Gasteiger partial charge is 0.423 e. The number of nitrogens with zero attached hydrogens (tertiary/aromatic N) is 1. The summed E-state index contributed by atoms with van der Waals surface area (Å²) in [4.78, 5) is 13.9.